The number of thiazole rings is 1. The van der Waals surface area contributed by atoms with E-state index in [0.29, 0.717) is 12.5 Å². The van der Waals surface area contributed by atoms with Crippen molar-refractivity contribution in [3.05, 3.63) is 28.2 Å². The van der Waals surface area contributed by atoms with Crippen LogP contribution in [0.3, 0.4) is 0 Å². The SMILES string of the molecule is CC(CCN)c1nc2cccc(Cl)c2s1. The topological polar surface area (TPSA) is 38.9 Å². The lowest BCUT2D eigenvalue weighted by Crippen LogP contribution is -2.03. The van der Waals surface area contributed by atoms with Crippen molar-refractivity contribution in [2.45, 2.75) is 19.3 Å². The van der Waals surface area contributed by atoms with E-state index in [0.717, 1.165) is 26.7 Å². The summed E-state index contributed by atoms with van der Waals surface area (Å²) in [6.45, 7) is 2.85. The molecule has 1 aromatic heterocycles. The summed E-state index contributed by atoms with van der Waals surface area (Å²) in [4.78, 5) is 4.57. The standard InChI is InChI=1S/C11H13ClN2S/c1-7(5-6-13)11-14-9-4-2-3-8(12)10(9)15-11/h2-4,7H,5-6,13H2,1H3. The Morgan fingerprint density at radius 1 is 1.53 bits per heavy atom. The van der Waals surface area contributed by atoms with Crippen LogP contribution >= 0.6 is 22.9 Å². The summed E-state index contributed by atoms with van der Waals surface area (Å²) in [6.07, 6.45) is 0.970. The first-order chi connectivity index (χ1) is 7.22. The van der Waals surface area contributed by atoms with Gasteiger partial charge in [-0.3, -0.25) is 0 Å². The predicted molar refractivity (Wildman–Crippen MR) is 66.7 cm³/mol. The third-order valence-corrected chi connectivity index (χ3v) is 4.17. The van der Waals surface area contributed by atoms with Gasteiger partial charge in [0.15, 0.2) is 0 Å². The van der Waals surface area contributed by atoms with Crippen molar-refractivity contribution in [3.8, 4) is 0 Å². The molecule has 1 atom stereocenters. The molecule has 0 aliphatic rings. The van der Waals surface area contributed by atoms with Crippen LogP contribution < -0.4 is 5.73 Å². The Morgan fingerprint density at radius 2 is 2.33 bits per heavy atom. The molecule has 80 valence electrons. The fourth-order valence-electron chi connectivity index (χ4n) is 1.52. The minimum atomic E-state index is 0.420. The number of nitrogens with zero attached hydrogens (tertiary/aromatic N) is 1. The first-order valence-corrected chi connectivity index (χ1v) is 6.17. The van der Waals surface area contributed by atoms with Gasteiger partial charge in [-0.2, -0.15) is 0 Å². The minimum Gasteiger partial charge on any atom is -0.330 e. The van der Waals surface area contributed by atoms with Gasteiger partial charge in [0.05, 0.1) is 20.2 Å². The molecule has 4 heteroatoms. The lowest BCUT2D eigenvalue weighted by molar-refractivity contribution is 0.687. The number of halogens is 1. The van der Waals surface area contributed by atoms with Crippen LogP contribution in [0, 0.1) is 0 Å². The van der Waals surface area contributed by atoms with E-state index in [1.807, 2.05) is 18.2 Å². The molecule has 0 saturated carbocycles. The van der Waals surface area contributed by atoms with Gasteiger partial charge < -0.3 is 5.73 Å². The Bertz CT molecular complexity index is 467. The first kappa shape index (κ1) is 10.9. The van der Waals surface area contributed by atoms with Gasteiger partial charge in [-0.1, -0.05) is 24.6 Å². The summed E-state index contributed by atoms with van der Waals surface area (Å²) in [5, 5.41) is 1.92. The van der Waals surface area contributed by atoms with Gasteiger partial charge in [-0.05, 0) is 25.1 Å². The quantitative estimate of drug-likeness (QED) is 0.893. The number of rotatable bonds is 3. The molecule has 0 aliphatic carbocycles. The molecule has 0 fully saturated rings. The van der Waals surface area contributed by atoms with Crippen LogP contribution in [0.1, 0.15) is 24.3 Å². The van der Waals surface area contributed by atoms with Gasteiger partial charge in [0.1, 0.15) is 0 Å². The summed E-state index contributed by atoms with van der Waals surface area (Å²) in [7, 11) is 0. The lowest BCUT2D eigenvalue weighted by atomic mass is 10.1. The molecule has 0 saturated heterocycles. The Balaban J connectivity index is 2.43. The number of fused-ring (bicyclic) bond motifs is 1. The molecule has 2 aromatic rings. The molecule has 0 bridgehead atoms. The summed E-state index contributed by atoms with van der Waals surface area (Å²) in [6, 6.07) is 5.83. The Hall–Kier alpha value is -0.640. The van der Waals surface area contributed by atoms with Crippen molar-refractivity contribution in [1.29, 1.82) is 0 Å². The highest BCUT2D eigenvalue weighted by atomic mass is 35.5. The summed E-state index contributed by atoms with van der Waals surface area (Å²) < 4.78 is 1.08. The zero-order chi connectivity index (χ0) is 10.8. The van der Waals surface area contributed by atoms with Gasteiger partial charge >= 0.3 is 0 Å². The molecule has 1 heterocycles. The van der Waals surface area contributed by atoms with Crippen LogP contribution in [0.4, 0.5) is 0 Å². The van der Waals surface area contributed by atoms with Gasteiger partial charge in [0.25, 0.3) is 0 Å². The highest BCUT2D eigenvalue weighted by molar-refractivity contribution is 7.19. The molecular weight excluding hydrogens is 228 g/mol. The molecule has 0 aliphatic heterocycles. The second kappa shape index (κ2) is 4.47. The summed E-state index contributed by atoms with van der Waals surface area (Å²) in [5.74, 6) is 0.420. The smallest absolute Gasteiger partial charge is 0.0967 e. The Morgan fingerprint density at radius 3 is 3.00 bits per heavy atom. The maximum Gasteiger partial charge on any atom is 0.0967 e. The first-order valence-electron chi connectivity index (χ1n) is 4.97. The lowest BCUT2D eigenvalue weighted by Gasteiger charge is -2.03. The van der Waals surface area contributed by atoms with Crippen LogP contribution in [0.15, 0.2) is 18.2 Å². The second-order valence-corrected chi connectivity index (χ2v) is 5.06. The van der Waals surface area contributed by atoms with E-state index in [1.165, 1.54) is 0 Å². The molecule has 0 spiro atoms. The number of hydrogen-bond acceptors (Lipinski definition) is 3. The molecule has 0 radical (unpaired) electrons. The number of aromatic nitrogens is 1. The largest absolute Gasteiger partial charge is 0.330 e. The maximum atomic E-state index is 6.10. The highest BCUT2D eigenvalue weighted by Crippen LogP contribution is 2.33. The average molecular weight is 241 g/mol. The van der Waals surface area contributed by atoms with Crippen molar-refractivity contribution < 1.29 is 0 Å². The number of nitrogens with two attached hydrogens (primary N) is 1. The van der Waals surface area contributed by atoms with Crippen molar-refractivity contribution in [1.82, 2.24) is 4.98 Å². The molecule has 1 unspecified atom stereocenters. The van der Waals surface area contributed by atoms with Gasteiger partial charge in [0, 0.05) is 5.92 Å². The molecular formula is C11H13ClN2S. The normalized spacial score (nSPS) is 13.3. The average Bonchev–Trinajstić information content (AvgIpc) is 2.63. The minimum absolute atomic E-state index is 0.420. The van der Waals surface area contributed by atoms with Crippen LogP contribution in [0.25, 0.3) is 10.2 Å². The van der Waals surface area contributed by atoms with Crippen molar-refractivity contribution >= 4 is 33.2 Å². The van der Waals surface area contributed by atoms with Crippen LogP contribution in [0.2, 0.25) is 5.02 Å². The number of benzene rings is 1. The Labute approximate surface area is 98.1 Å². The molecule has 2 nitrogen and oxygen atoms in total. The summed E-state index contributed by atoms with van der Waals surface area (Å²) in [5.41, 5.74) is 6.53. The van der Waals surface area contributed by atoms with E-state index >= 15 is 0 Å². The van der Waals surface area contributed by atoms with E-state index in [2.05, 4.69) is 11.9 Å². The van der Waals surface area contributed by atoms with E-state index in [4.69, 9.17) is 17.3 Å². The zero-order valence-electron chi connectivity index (χ0n) is 8.53. The van der Waals surface area contributed by atoms with E-state index in [9.17, 15) is 0 Å². The maximum absolute atomic E-state index is 6.10. The molecule has 2 rings (SSSR count). The second-order valence-electron chi connectivity index (χ2n) is 3.62. The van der Waals surface area contributed by atoms with Crippen LogP contribution in [0.5, 0.6) is 0 Å². The summed E-state index contributed by atoms with van der Waals surface area (Å²) >= 11 is 7.77. The molecule has 0 amide bonds. The third-order valence-electron chi connectivity index (χ3n) is 2.40. The molecule has 2 N–H and O–H groups in total. The van der Waals surface area contributed by atoms with Crippen LogP contribution in [-0.2, 0) is 0 Å². The molecule has 15 heavy (non-hydrogen) atoms. The van der Waals surface area contributed by atoms with E-state index in [1.54, 1.807) is 11.3 Å². The van der Waals surface area contributed by atoms with E-state index < -0.39 is 0 Å². The fraction of sp³-hybridized carbons (Fsp3) is 0.364. The van der Waals surface area contributed by atoms with Crippen molar-refractivity contribution in [2.75, 3.05) is 6.54 Å². The monoisotopic (exact) mass is 240 g/mol. The van der Waals surface area contributed by atoms with Gasteiger partial charge in [0.2, 0.25) is 0 Å². The Kier molecular flexibility index (Phi) is 3.24. The van der Waals surface area contributed by atoms with Crippen molar-refractivity contribution in [2.24, 2.45) is 5.73 Å². The highest BCUT2D eigenvalue weighted by Gasteiger charge is 2.12. The van der Waals surface area contributed by atoms with Gasteiger partial charge in [-0.15, -0.1) is 11.3 Å². The van der Waals surface area contributed by atoms with E-state index in [-0.39, 0.29) is 0 Å². The fourth-order valence-corrected chi connectivity index (χ4v) is 2.86. The predicted octanol–water partition coefficient (Wildman–Crippen LogP) is 3.40. The zero-order valence-corrected chi connectivity index (χ0v) is 10.1. The van der Waals surface area contributed by atoms with Crippen LogP contribution in [-0.4, -0.2) is 11.5 Å². The van der Waals surface area contributed by atoms with Crippen molar-refractivity contribution in [3.63, 3.8) is 0 Å². The molecule has 1 aromatic carbocycles. The van der Waals surface area contributed by atoms with Gasteiger partial charge in [-0.25, -0.2) is 4.98 Å². The number of hydrogen-bond donors (Lipinski definition) is 1. The third kappa shape index (κ3) is 2.14.